The number of ether oxygens (including phenoxy) is 1. The second kappa shape index (κ2) is 8.54. The molecule has 0 bridgehead atoms. The Hall–Kier alpha value is -2.88. The second-order valence-corrected chi connectivity index (χ2v) is 4.77. The number of nitrogens with zero attached hydrogens (tertiary/aromatic N) is 1. The first kappa shape index (κ1) is 16.5. The number of rotatable bonds is 6. The SMILES string of the molecule is CC=C(C(=O)OC)c1ccccc1CON=Cc1ccccc1. The van der Waals surface area contributed by atoms with Crippen LogP contribution in [-0.2, 0) is 21.0 Å². The van der Waals surface area contributed by atoms with Crippen molar-refractivity contribution in [3.8, 4) is 0 Å². The smallest absolute Gasteiger partial charge is 0.338 e. The van der Waals surface area contributed by atoms with Crippen LogP contribution in [0, 0.1) is 0 Å². The van der Waals surface area contributed by atoms with Gasteiger partial charge in [0, 0.05) is 5.56 Å². The zero-order valence-electron chi connectivity index (χ0n) is 13.2. The maximum absolute atomic E-state index is 11.8. The van der Waals surface area contributed by atoms with E-state index in [4.69, 9.17) is 9.57 Å². The fraction of sp³-hybridized carbons (Fsp3) is 0.158. The Morgan fingerprint density at radius 3 is 2.48 bits per heavy atom. The van der Waals surface area contributed by atoms with Gasteiger partial charge in [-0.1, -0.05) is 65.8 Å². The molecule has 0 aliphatic carbocycles. The van der Waals surface area contributed by atoms with Crippen molar-refractivity contribution in [2.24, 2.45) is 5.16 Å². The van der Waals surface area contributed by atoms with E-state index in [1.807, 2.05) is 54.6 Å². The Labute approximate surface area is 136 Å². The zero-order valence-corrected chi connectivity index (χ0v) is 13.2. The molecule has 4 nitrogen and oxygen atoms in total. The molecule has 0 aliphatic heterocycles. The first-order valence-corrected chi connectivity index (χ1v) is 7.29. The van der Waals surface area contributed by atoms with Crippen LogP contribution < -0.4 is 0 Å². The van der Waals surface area contributed by atoms with Gasteiger partial charge in [0.25, 0.3) is 0 Å². The maximum atomic E-state index is 11.8. The highest BCUT2D eigenvalue weighted by molar-refractivity contribution is 6.16. The molecule has 0 spiro atoms. The van der Waals surface area contributed by atoms with Gasteiger partial charge in [0.2, 0.25) is 0 Å². The Balaban J connectivity index is 2.09. The third-order valence-electron chi connectivity index (χ3n) is 3.30. The first-order valence-electron chi connectivity index (χ1n) is 7.29. The number of carbonyl (C=O) groups is 1. The highest BCUT2D eigenvalue weighted by Gasteiger charge is 2.14. The molecule has 0 amide bonds. The molecule has 0 aromatic heterocycles. The maximum Gasteiger partial charge on any atom is 0.338 e. The lowest BCUT2D eigenvalue weighted by Crippen LogP contribution is -2.06. The van der Waals surface area contributed by atoms with Crippen molar-refractivity contribution in [3.63, 3.8) is 0 Å². The van der Waals surface area contributed by atoms with Gasteiger partial charge < -0.3 is 9.57 Å². The van der Waals surface area contributed by atoms with E-state index >= 15 is 0 Å². The molecule has 0 saturated carbocycles. The van der Waals surface area contributed by atoms with E-state index < -0.39 is 0 Å². The molecule has 0 atom stereocenters. The summed E-state index contributed by atoms with van der Waals surface area (Å²) in [4.78, 5) is 17.2. The van der Waals surface area contributed by atoms with Gasteiger partial charge in [-0.2, -0.15) is 0 Å². The van der Waals surface area contributed by atoms with Crippen molar-refractivity contribution in [1.29, 1.82) is 0 Å². The van der Waals surface area contributed by atoms with Crippen LogP contribution in [0.5, 0.6) is 0 Å². The fourth-order valence-corrected chi connectivity index (χ4v) is 2.15. The molecular weight excluding hydrogens is 290 g/mol. The van der Waals surface area contributed by atoms with Crippen LogP contribution in [0.25, 0.3) is 5.57 Å². The summed E-state index contributed by atoms with van der Waals surface area (Å²) in [5, 5.41) is 3.97. The molecule has 0 N–H and O–H groups in total. The lowest BCUT2D eigenvalue weighted by atomic mass is 10.00. The van der Waals surface area contributed by atoms with E-state index in [1.54, 1.807) is 19.2 Å². The zero-order chi connectivity index (χ0) is 16.5. The summed E-state index contributed by atoms with van der Waals surface area (Å²) in [7, 11) is 1.37. The van der Waals surface area contributed by atoms with Crippen molar-refractivity contribution in [2.75, 3.05) is 7.11 Å². The topological polar surface area (TPSA) is 47.9 Å². The van der Waals surface area contributed by atoms with Crippen LogP contribution >= 0.6 is 0 Å². The van der Waals surface area contributed by atoms with Crippen LogP contribution in [0.3, 0.4) is 0 Å². The summed E-state index contributed by atoms with van der Waals surface area (Å²) in [6.07, 6.45) is 3.39. The summed E-state index contributed by atoms with van der Waals surface area (Å²) < 4.78 is 4.82. The highest BCUT2D eigenvalue weighted by atomic mass is 16.6. The summed E-state index contributed by atoms with van der Waals surface area (Å²) >= 11 is 0. The molecule has 2 aromatic rings. The number of benzene rings is 2. The monoisotopic (exact) mass is 309 g/mol. The lowest BCUT2D eigenvalue weighted by Gasteiger charge is -2.10. The lowest BCUT2D eigenvalue weighted by molar-refractivity contribution is -0.133. The Bertz CT molecular complexity index is 706. The number of oxime groups is 1. The van der Waals surface area contributed by atoms with Crippen molar-refractivity contribution in [3.05, 3.63) is 77.4 Å². The first-order chi connectivity index (χ1) is 11.3. The summed E-state index contributed by atoms with van der Waals surface area (Å²) in [6.45, 7) is 2.07. The fourth-order valence-electron chi connectivity index (χ4n) is 2.15. The molecule has 0 aliphatic rings. The van der Waals surface area contributed by atoms with Gasteiger partial charge in [-0.15, -0.1) is 0 Å². The van der Waals surface area contributed by atoms with Gasteiger partial charge in [-0.25, -0.2) is 4.79 Å². The Morgan fingerprint density at radius 2 is 1.78 bits per heavy atom. The van der Waals surface area contributed by atoms with Crippen molar-refractivity contribution in [2.45, 2.75) is 13.5 Å². The van der Waals surface area contributed by atoms with Crippen molar-refractivity contribution >= 4 is 17.8 Å². The molecule has 0 fully saturated rings. The van der Waals surface area contributed by atoms with Crippen LogP contribution in [0.1, 0.15) is 23.6 Å². The predicted molar refractivity (Wildman–Crippen MR) is 90.9 cm³/mol. The molecule has 0 heterocycles. The van der Waals surface area contributed by atoms with Gasteiger partial charge in [0.05, 0.1) is 18.9 Å². The minimum atomic E-state index is -0.368. The predicted octanol–water partition coefficient (Wildman–Crippen LogP) is 3.81. The van der Waals surface area contributed by atoms with Gasteiger partial charge in [-0.05, 0) is 18.1 Å². The van der Waals surface area contributed by atoms with E-state index in [1.165, 1.54) is 7.11 Å². The largest absolute Gasteiger partial charge is 0.465 e. The van der Waals surface area contributed by atoms with Crippen LogP contribution in [0.2, 0.25) is 0 Å². The molecule has 118 valence electrons. The van der Waals surface area contributed by atoms with Crippen LogP contribution in [0.15, 0.2) is 65.8 Å². The molecule has 2 rings (SSSR count). The normalized spacial score (nSPS) is 11.5. The van der Waals surface area contributed by atoms with E-state index in [-0.39, 0.29) is 12.6 Å². The van der Waals surface area contributed by atoms with E-state index in [0.29, 0.717) is 5.57 Å². The van der Waals surface area contributed by atoms with Crippen molar-refractivity contribution in [1.82, 2.24) is 0 Å². The van der Waals surface area contributed by atoms with Gasteiger partial charge in [0.1, 0.15) is 6.61 Å². The molecule has 2 aromatic carbocycles. The Morgan fingerprint density at radius 1 is 1.09 bits per heavy atom. The third-order valence-corrected chi connectivity index (χ3v) is 3.30. The Kier molecular flexibility index (Phi) is 6.12. The molecular formula is C19H19NO3. The molecule has 23 heavy (non-hydrogen) atoms. The third kappa shape index (κ3) is 4.54. The summed E-state index contributed by atoms with van der Waals surface area (Å²) in [6, 6.07) is 17.2. The number of carbonyl (C=O) groups excluding carboxylic acids is 1. The standard InChI is InChI=1S/C19H19NO3/c1-3-17(19(21)22-2)18-12-8-7-11-16(18)14-23-20-13-15-9-5-4-6-10-15/h3-13H,14H2,1-2H3. The van der Waals surface area contributed by atoms with Gasteiger partial charge in [0.15, 0.2) is 0 Å². The van der Waals surface area contributed by atoms with E-state index in [9.17, 15) is 4.79 Å². The van der Waals surface area contributed by atoms with Crippen molar-refractivity contribution < 1.29 is 14.4 Å². The summed E-state index contributed by atoms with van der Waals surface area (Å²) in [5.74, 6) is -0.368. The quantitative estimate of drug-likeness (QED) is 0.353. The van der Waals surface area contributed by atoms with E-state index in [0.717, 1.165) is 16.7 Å². The highest BCUT2D eigenvalue weighted by Crippen LogP contribution is 2.21. The number of hydrogen-bond acceptors (Lipinski definition) is 4. The second-order valence-electron chi connectivity index (χ2n) is 4.77. The van der Waals surface area contributed by atoms with E-state index in [2.05, 4.69) is 5.16 Å². The molecule has 4 heteroatoms. The number of methoxy groups -OCH3 is 1. The van der Waals surface area contributed by atoms with Gasteiger partial charge >= 0.3 is 5.97 Å². The number of esters is 1. The average Bonchev–Trinajstić information content (AvgIpc) is 2.61. The molecule has 0 unspecified atom stereocenters. The average molecular weight is 309 g/mol. The number of hydrogen-bond donors (Lipinski definition) is 0. The minimum absolute atomic E-state index is 0.272. The summed E-state index contributed by atoms with van der Waals surface area (Å²) in [5.41, 5.74) is 3.14. The van der Waals surface area contributed by atoms with Gasteiger partial charge in [-0.3, -0.25) is 0 Å². The van der Waals surface area contributed by atoms with Crippen LogP contribution in [-0.4, -0.2) is 19.3 Å². The minimum Gasteiger partial charge on any atom is -0.465 e. The molecule has 0 radical (unpaired) electrons. The molecule has 0 saturated heterocycles. The number of allylic oxidation sites excluding steroid dienone is 1. The van der Waals surface area contributed by atoms with Crippen LogP contribution in [0.4, 0.5) is 0 Å².